The third kappa shape index (κ3) is 6.34. The minimum atomic E-state index is -0.731. The Hall–Kier alpha value is -3.76. The Balaban J connectivity index is 0.000000231. The second-order valence-corrected chi connectivity index (χ2v) is 9.85. The Bertz CT molecular complexity index is 1680. The van der Waals surface area contributed by atoms with Crippen molar-refractivity contribution in [2.24, 2.45) is 0 Å². The van der Waals surface area contributed by atoms with Crippen LogP contribution in [-0.2, 0) is 13.1 Å². The SMILES string of the molecule is CCN(C)c1cc(Cl)c(=O)n(CC)c1-c1c(F)cccc1F.CCn1c(-c2c(F)cccc2F)c(NC)cc(Cl)c1=O. The van der Waals surface area contributed by atoms with Gasteiger partial charge in [0.15, 0.2) is 0 Å². The molecular formula is C30H30Cl2F4N4O2. The second kappa shape index (κ2) is 13.9. The normalized spacial score (nSPS) is 10.7. The van der Waals surface area contributed by atoms with Crippen LogP contribution in [0.15, 0.2) is 58.1 Å². The number of rotatable bonds is 7. The predicted molar refractivity (Wildman–Crippen MR) is 162 cm³/mol. The molecule has 4 rings (SSSR count). The number of halogens is 6. The number of benzene rings is 2. The highest BCUT2D eigenvalue weighted by atomic mass is 35.5. The Morgan fingerprint density at radius 3 is 1.55 bits per heavy atom. The lowest BCUT2D eigenvalue weighted by molar-refractivity contribution is 0.583. The van der Waals surface area contributed by atoms with Gasteiger partial charge in [-0.15, -0.1) is 0 Å². The van der Waals surface area contributed by atoms with Crippen LogP contribution in [0.2, 0.25) is 10.0 Å². The Morgan fingerprint density at radius 1 is 0.738 bits per heavy atom. The summed E-state index contributed by atoms with van der Waals surface area (Å²) in [5.74, 6) is -2.89. The molecule has 0 atom stereocenters. The van der Waals surface area contributed by atoms with Crippen LogP contribution in [0.4, 0.5) is 28.9 Å². The van der Waals surface area contributed by atoms with E-state index in [9.17, 15) is 27.2 Å². The van der Waals surface area contributed by atoms with Gasteiger partial charge in [-0.25, -0.2) is 17.6 Å². The molecule has 224 valence electrons. The highest BCUT2D eigenvalue weighted by Gasteiger charge is 2.23. The first-order valence-corrected chi connectivity index (χ1v) is 13.8. The lowest BCUT2D eigenvalue weighted by Crippen LogP contribution is -2.27. The molecule has 0 amide bonds. The summed E-state index contributed by atoms with van der Waals surface area (Å²) in [7, 11) is 3.37. The Morgan fingerprint density at radius 2 is 1.14 bits per heavy atom. The Kier molecular flexibility index (Phi) is 10.9. The molecular weight excluding hydrogens is 595 g/mol. The van der Waals surface area contributed by atoms with E-state index in [1.165, 1.54) is 45.5 Å². The number of aromatic nitrogens is 2. The third-order valence-electron chi connectivity index (χ3n) is 6.66. The van der Waals surface area contributed by atoms with Crippen LogP contribution in [0, 0.1) is 23.3 Å². The molecule has 12 heteroatoms. The lowest BCUT2D eigenvalue weighted by Gasteiger charge is -2.24. The van der Waals surface area contributed by atoms with Crippen molar-refractivity contribution in [2.75, 3.05) is 30.9 Å². The molecule has 6 nitrogen and oxygen atoms in total. The summed E-state index contributed by atoms with van der Waals surface area (Å²) in [4.78, 5) is 26.1. The molecule has 0 unspecified atom stereocenters. The maximum absolute atomic E-state index is 14.2. The molecule has 0 radical (unpaired) electrons. The fourth-order valence-electron chi connectivity index (χ4n) is 4.49. The highest BCUT2D eigenvalue weighted by Crippen LogP contribution is 2.35. The summed E-state index contributed by atoms with van der Waals surface area (Å²) in [6.45, 7) is 6.44. The average Bonchev–Trinajstić information content (AvgIpc) is 2.96. The summed E-state index contributed by atoms with van der Waals surface area (Å²) >= 11 is 11.8. The van der Waals surface area contributed by atoms with Crippen molar-refractivity contribution in [1.29, 1.82) is 0 Å². The van der Waals surface area contributed by atoms with Crippen molar-refractivity contribution in [2.45, 2.75) is 33.9 Å². The zero-order valence-electron chi connectivity index (χ0n) is 23.7. The molecule has 0 saturated carbocycles. The maximum atomic E-state index is 14.2. The van der Waals surface area contributed by atoms with Gasteiger partial charge in [-0.3, -0.25) is 9.59 Å². The van der Waals surface area contributed by atoms with E-state index in [1.54, 1.807) is 32.8 Å². The van der Waals surface area contributed by atoms with E-state index in [0.29, 0.717) is 17.9 Å². The first kappa shape index (κ1) is 32.8. The van der Waals surface area contributed by atoms with Gasteiger partial charge in [0.25, 0.3) is 11.1 Å². The van der Waals surface area contributed by atoms with Crippen molar-refractivity contribution >= 4 is 34.6 Å². The average molecular weight is 625 g/mol. The van der Waals surface area contributed by atoms with Crippen LogP contribution in [0.5, 0.6) is 0 Å². The summed E-state index contributed by atoms with van der Waals surface area (Å²) in [5, 5.41) is 2.84. The standard InChI is InChI=1S/C16H17ClF2N2O.C14H13ClF2N2O/c1-4-20(3)13-9-10(17)16(22)21(5-2)15(13)14-11(18)7-6-8-12(14)19;1-3-19-13(11(18-2)7-8(15)14(19)20)12-9(16)5-4-6-10(12)17/h6-9H,4-5H2,1-3H3;4-7,18H,3H2,1-2H3. The molecule has 2 heterocycles. The van der Waals surface area contributed by atoms with E-state index in [2.05, 4.69) is 5.32 Å². The lowest BCUT2D eigenvalue weighted by atomic mass is 10.1. The van der Waals surface area contributed by atoms with Gasteiger partial charge in [-0.1, -0.05) is 35.3 Å². The van der Waals surface area contributed by atoms with E-state index in [1.807, 2.05) is 6.92 Å². The van der Waals surface area contributed by atoms with Gasteiger partial charge in [0.1, 0.15) is 33.3 Å². The zero-order chi connectivity index (χ0) is 31.3. The molecule has 0 aliphatic heterocycles. The van der Waals surface area contributed by atoms with Gasteiger partial charge >= 0.3 is 0 Å². The molecule has 0 bridgehead atoms. The van der Waals surface area contributed by atoms with Crippen molar-refractivity contribution in [3.05, 3.63) is 103 Å². The van der Waals surface area contributed by atoms with E-state index in [4.69, 9.17) is 23.2 Å². The molecule has 0 fully saturated rings. The fraction of sp³-hybridized carbons (Fsp3) is 0.267. The van der Waals surface area contributed by atoms with Crippen LogP contribution in [0.1, 0.15) is 20.8 Å². The van der Waals surface area contributed by atoms with E-state index in [-0.39, 0.29) is 45.6 Å². The quantitative estimate of drug-likeness (QED) is 0.217. The summed E-state index contributed by atoms with van der Waals surface area (Å²) in [6.07, 6.45) is 0. The second-order valence-electron chi connectivity index (χ2n) is 9.04. The highest BCUT2D eigenvalue weighted by molar-refractivity contribution is 6.31. The molecule has 0 spiro atoms. The molecule has 0 aliphatic rings. The fourth-order valence-corrected chi connectivity index (χ4v) is 4.90. The minimum absolute atomic E-state index is 0.00306. The summed E-state index contributed by atoms with van der Waals surface area (Å²) < 4.78 is 59.0. The number of pyridine rings is 2. The van der Waals surface area contributed by atoms with Crippen LogP contribution in [-0.4, -0.2) is 29.8 Å². The number of nitrogens with one attached hydrogen (secondary N) is 1. The first-order chi connectivity index (χ1) is 19.9. The van der Waals surface area contributed by atoms with Crippen LogP contribution < -0.4 is 21.3 Å². The minimum Gasteiger partial charge on any atom is -0.386 e. The monoisotopic (exact) mass is 624 g/mol. The topological polar surface area (TPSA) is 59.3 Å². The number of nitrogens with zero attached hydrogens (tertiary/aromatic N) is 3. The van der Waals surface area contributed by atoms with Crippen molar-refractivity contribution in [1.82, 2.24) is 9.13 Å². The molecule has 4 aromatic rings. The molecule has 1 N–H and O–H groups in total. The smallest absolute Gasteiger partial charge is 0.269 e. The van der Waals surface area contributed by atoms with Gasteiger partial charge in [-0.2, -0.15) is 0 Å². The number of hydrogen-bond acceptors (Lipinski definition) is 4. The van der Waals surface area contributed by atoms with E-state index < -0.39 is 34.4 Å². The van der Waals surface area contributed by atoms with Crippen molar-refractivity contribution in [3.8, 4) is 22.5 Å². The summed E-state index contributed by atoms with van der Waals surface area (Å²) in [5.41, 5.74) is -0.142. The zero-order valence-corrected chi connectivity index (χ0v) is 25.2. The summed E-state index contributed by atoms with van der Waals surface area (Å²) in [6, 6.07) is 10.0. The van der Waals surface area contributed by atoms with Gasteiger partial charge in [0, 0.05) is 33.7 Å². The van der Waals surface area contributed by atoms with Crippen molar-refractivity contribution < 1.29 is 17.6 Å². The van der Waals surface area contributed by atoms with Crippen LogP contribution in [0.25, 0.3) is 22.5 Å². The number of hydrogen-bond donors (Lipinski definition) is 1. The van der Waals surface area contributed by atoms with Gasteiger partial charge in [-0.05, 0) is 57.2 Å². The largest absolute Gasteiger partial charge is 0.386 e. The van der Waals surface area contributed by atoms with Crippen molar-refractivity contribution in [3.63, 3.8) is 0 Å². The van der Waals surface area contributed by atoms with Gasteiger partial charge in [0.2, 0.25) is 0 Å². The molecule has 0 saturated heterocycles. The van der Waals surface area contributed by atoms with Gasteiger partial charge in [0.05, 0.1) is 33.9 Å². The van der Waals surface area contributed by atoms with Gasteiger partial charge < -0.3 is 19.4 Å². The molecule has 2 aromatic heterocycles. The number of anilines is 2. The predicted octanol–water partition coefficient (Wildman–Crippen LogP) is 7.43. The molecule has 0 aliphatic carbocycles. The van der Waals surface area contributed by atoms with Crippen LogP contribution in [0.3, 0.4) is 0 Å². The molecule has 2 aromatic carbocycles. The Labute approximate surface area is 250 Å². The third-order valence-corrected chi connectivity index (χ3v) is 7.20. The van der Waals surface area contributed by atoms with E-state index >= 15 is 0 Å². The molecule has 42 heavy (non-hydrogen) atoms. The van der Waals surface area contributed by atoms with E-state index in [0.717, 1.165) is 12.1 Å². The van der Waals surface area contributed by atoms with Crippen LogP contribution >= 0.6 is 23.2 Å². The maximum Gasteiger partial charge on any atom is 0.269 e. The first-order valence-electron chi connectivity index (χ1n) is 13.1.